The first-order valence-electron chi connectivity index (χ1n) is 6.02. The van der Waals surface area contributed by atoms with E-state index in [1.165, 1.54) is 18.0 Å². The number of hydrogen-bond acceptors (Lipinski definition) is 4. The van der Waals surface area contributed by atoms with Gasteiger partial charge in [0.15, 0.2) is 0 Å². The summed E-state index contributed by atoms with van der Waals surface area (Å²) in [7, 11) is 0. The van der Waals surface area contributed by atoms with Crippen LogP contribution in [0.2, 0.25) is 0 Å². The van der Waals surface area contributed by atoms with E-state index < -0.39 is 5.97 Å². The summed E-state index contributed by atoms with van der Waals surface area (Å²) in [6.45, 7) is 0. The number of carboxylic acids is 1. The Morgan fingerprint density at radius 3 is 2.70 bits per heavy atom. The Labute approximate surface area is 119 Å². The molecule has 0 radical (unpaired) electrons. The molecule has 3 aromatic rings. The van der Waals surface area contributed by atoms with E-state index in [0.717, 1.165) is 16.2 Å². The number of furan rings is 1. The molecule has 4 nitrogen and oxygen atoms in total. The SMILES string of the molecule is O=C(O)c1cnc(SCc2ccco2)c2ccccc12. The van der Waals surface area contributed by atoms with E-state index in [9.17, 15) is 9.90 Å². The molecule has 0 saturated heterocycles. The van der Waals surface area contributed by atoms with Crippen LogP contribution in [0.5, 0.6) is 0 Å². The molecule has 0 fully saturated rings. The fourth-order valence-electron chi connectivity index (χ4n) is 1.99. The lowest BCUT2D eigenvalue weighted by atomic mass is 10.1. The summed E-state index contributed by atoms with van der Waals surface area (Å²) in [5.74, 6) is 0.565. The van der Waals surface area contributed by atoms with Crippen molar-refractivity contribution >= 4 is 28.5 Å². The van der Waals surface area contributed by atoms with Crippen LogP contribution in [0.15, 0.2) is 58.3 Å². The van der Waals surface area contributed by atoms with Crippen LogP contribution < -0.4 is 0 Å². The molecule has 3 rings (SSSR count). The van der Waals surface area contributed by atoms with Crippen molar-refractivity contribution in [3.05, 3.63) is 60.2 Å². The van der Waals surface area contributed by atoms with Crippen molar-refractivity contribution in [1.29, 1.82) is 0 Å². The third-order valence-electron chi connectivity index (χ3n) is 2.92. The zero-order chi connectivity index (χ0) is 13.9. The van der Waals surface area contributed by atoms with E-state index in [1.54, 1.807) is 12.3 Å². The van der Waals surface area contributed by atoms with Gasteiger partial charge in [0, 0.05) is 17.0 Å². The fourth-order valence-corrected chi connectivity index (χ4v) is 2.89. The molecule has 0 amide bonds. The van der Waals surface area contributed by atoms with Crippen LogP contribution in [0.3, 0.4) is 0 Å². The zero-order valence-electron chi connectivity index (χ0n) is 10.4. The van der Waals surface area contributed by atoms with E-state index >= 15 is 0 Å². The van der Waals surface area contributed by atoms with Gasteiger partial charge in [-0.1, -0.05) is 36.0 Å². The minimum Gasteiger partial charge on any atom is -0.478 e. The number of carboxylic acid groups (broad SMARTS) is 1. The van der Waals surface area contributed by atoms with Crippen molar-refractivity contribution in [3.63, 3.8) is 0 Å². The van der Waals surface area contributed by atoms with Crippen molar-refractivity contribution < 1.29 is 14.3 Å². The summed E-state index contributed by atoms with van der Waals surface area (Å²) >= 11 is 1.53. The van der Waals surface area contributed by atoms with Gasteiger partial charge in [-0.15, -0.1) is 0 Å². The molecule has 0 aliphatic carbocycles. The molecule has 100 valence electrons. The van der Waals surface area contributed by atoms with Gasteiger partial charge in [-0.3, -0.25) is 0 Å². The number of nitrogens with zero attached hydrogens (tertiary/aromatic N) is 1. The van der Waals surface area contributed by atoms with Crippen molar-refractivity contribution in [2.24, 2.45) is 0 Å². The van der Waals surface area contributed by atoms with Gasteiger partial charge in [0.2, 0.25) is 0 Å². The average molecular weight is 285 g/mol. The van der Waals surface area contributed by atoms with E-state index in [4.69, 9.17) is 4.42 Å². The number of fused-ring (bicyclic) bond motifs is 1. The van der Waals surface area contributed by atoms with Crippen molar-refractivity contribution in [2.75, 3.05) is 0 Å². The minimum atomic E-state index is -0.962. The molecule has 1 N–H and O–H groups in total. The molecule has 0 saturated carbocycles. The van der Waals surface area contributed by atoms with Crippen LogP contribution in [0, 0.1) is 0 Å². The topological polar surface area (TPSA) is 63.3 Å². The van der Waals surface area contributed by atoms with Gasteiger partial charge in [0.25, 0.3) is 0 Å². The lowest BCUT2D eigenvalue weighted by Gasteiger charge is -2.07. The maximum absolute atomic E-state index is 11.2. The number of benzene rings is 1. The van der Waals surface area contributed by atoms with Gasteiger partial charge in [-0.25, -0.2) is 9.78 Å². The van der Waals surface area contributed by atoms with Crippen molar-refractivity contribution in [2.45, 2.75) is 10.8 Å². The first-order chi connectivity index (χ1) is 9.75. The molecule has 20 heavy (non-hydrogen) atoms. The Kier molecular flexibility index (Phi) is 3.43. The summed E-state index contributed by atoms with van der Waals surface area (Å²) in [6, 6.07) is 11.1. The number of carbonyl (C=O) groups is 1. The third-order valence-corrected chi connectivity index (χ3v) is 3.95. The number of rotatable bonds is 4. The number of aromatic nitrogens is 1. The van der Waals surface area contributed by atoms with Gasteiger partial charge in [0.05, 0.1) is 17.6 Å². The Hall–Kier alpha value is -2.27. The summed E-state index contributed by atoms with van der Waals surface area (Å²) in [6.07, 6.45) is 3.05. The second-order valence-electron chi connectivity index (χ2n) is 4.20. The quantitative estimate of drug-likeness (QED) is 0.738. The van der Waals surface area contributed by atoms with Crippen LogP contribution in [0.1, 0.15) is 16.1 Å². The largest absolute Gasteiger partial charge is 0.478 e. The van der Waals surface area contributed by atoms with Crippen LogP contribution in [-0.2, 0) is 5.75 Å². The Bertz CT molecular complexity index is 753. The standard InChI is InChI=1S/C15H11NO3S/c17-15(18)13-8-16-14(12-6-2-1-5-11(12)13)20-9-10-4-3-7-19-10/h1-8H,9H2,(H,17,18). The first-order valence-corrected chi connectivity index (χ1v) is 7.00. The molecule has 1 aromatic carbocycles. The molecule has 0 aliphatic rings. The highest BCUT2D eigenvalue weighted by molar-refractivity contribution is 7.98. The van der Waals surface area contributed by atoms with Crippen LogP contribution in [0.4, 0.5) is 0 Å². The second-order valence-corrected chi connectivity index (χ2v) is 5.16. The summed E-state index contributed by atoms with van der Waals surface area (Å²) < 4.78 is 5.29. The highest BCUT2D eigenvalue weighted by atomic mass is 32.2. The van der Waals surface area contributed by atoms with E-state index in [0.29, 0.717) is 11.1 Å². The van der Waals surface area contributed by atoms with Crippen molar-refractivity contribution in [3.8, 4) is 0 Å². The minimum absolute atomic E-state index is 0.225. The summed E-state index contributed by atoms with van der Waals surface area (Å²) in [4.78, 5) is 15.5. The summed E-state index contributed by atoms with van der Waals surface area (Å²) in [5.41, 5.74) is 0.225. The molecule has 0 spiro atoms. The highest BCUT2D eigenvalue weighted by Gasteiger charge is 2.12. The van der Waals surface area contributed by atoms with E-state index in [1.807, 2.05) is 30.3 Å². The highest BCUT2D eigenvalue weighted by Crippen LogP contribution is 2.30. The smallest absolute Gasteiger partial charge is 0.337 e. The maximum atomic E-state index is 11.2. The van der Waals surface area contributed by atoms with Crippen LogP contribution in [-0.4, -0.2) is 16.1 Å². The van der Waals surface area contributed by atoms with Gasteiger partial charge >= 0.3 is 5.97 Å². The molecular formula is C15H11NO3S. The van der Waals surface area contributed by atoms with Crippen LogP contribution in [0.25, 0.3) is 10.8 Å². The van der Waals surface area contributed by atoms with Gasteiger partial charge < -0.3 is 9.52 Å². The molecule has 2 aromatic heterocycles. The molecular weight excluding hydrogens is 274 g/mol. The lowest BCUT2D eigenvalue weighted by molar-refractivity contribution is 0.0698. The van der Waals surface area contributed by atoms with Gasteiger partial charge in [0.1, 0.15) is 10.8 Å². The summed E-state index contributed by atoms with van der Waals surface area (Å²) in [5, 5.41) is 11.6. The molecule has 2 heterocycles. The maximum Gasteiger partial charge on any atom is 0.337 e. The van der Waals surface area contributed by atoms with E-state index in [2.05, 4.69) is 4.98 Å². The second kappa shape index (κ2) is 5.38. The molecule has 0 aliphatic heterocycles. The van der Waals surface area contributed by atoms with Gasteiger partial charge in [-0.2, -0.15) is 0 Å². The molecule has 0 atom stereocenters. The predicted octanol–water partition coefficient (Wildman–Crippen LogP) is 3.82. The Morgan fingerprint density at radius 1 is 1.20 bits per heavy atom. The monoisotopic (exact) mass is 285 g/mol. The number of hydrogen-bond donors (Lipinski definition) is 1. The predicted molar refractivity (Wildman–Crippen MR) is 77.0 cm³/mol. The van der Waals surface area contributed by atoms with Crippen molar-refractivity contribution in [1.82, 2.24) is 4.98 Å². The number of thioether (sulfide) groups is 1. The molecule has 0 bridgehead atoms. The van der Waals surface area contributed by atoms with Crippen LogP contribution >= 0.6 is 11.8 Å². The molecule has 0 unspecified atom stereocenters. The average Bonchev–Trinajstić information content (AvgIpc) is 2.97. The lowest BCUT2D eigenvalue weighted by Crippen LogP contribution is -1.99. The van der Waals surface area contributed by atoms with E-state index in [-0.39, 0.29) is 5.56 Å². The number of pyridine rings is 1. The fraction of sp³-hybridized carbons (Fsp3) is 0.0667. The molecule has 5 heteroatoms. The normalized spacial score (nSPS) is 10.8. The third kappa shape index (κ3) is 2.40. The van der Waals surface area contributed by atoms with Gasteiger partial charge in [-0.05, 0) is 12.1 Å². The number of aromatic carboxylic acids is 1. The zero-order valence-corrected chi connectivity index (χ0v) is 11.3. The Balaban J connectivity index is 1.99. The Morgan fingerprint density at radius 2 is 2.00 bits per heavy atom. The first kappa shape index (κ1) is 12.7.